The molecule has 9 nitrogen and oxygen atoms in total. The van der Waals surface area contributed by atoms with Crippen LogP contribution in [-0.4, -0.2) is 89.5 Å². The van der Waals surface area contributed by atoms with Crippen LogP contribution in [0.5, 0.6) is 0 Å². The van der Waals surface area contributed by atoms with E-state index in [1.807, 2.05) is 21.1 Å². The van der Waals surface area contributed by atoms with E-state index in [0.29, 0.717) is 46.6 Å². The van der Waals surface area contributed by atoms with Gasteiger partial charge in [-0.25, -0.2) is 0 Å². The Morgan fingerprint density at radius 2 is 1.63 bits per heavy atom. The molecule has 0 saturated carbocycles. The molecule has 2 N–H and O–H groups in total. The number of ketones is 1. The van der Waals surface area contributed by atoms with E-state index in [9.17, 15) is 14.4 Å². The quantitative estimate of drug-likeness (QED) is 0.569. The van der Waals surface area contributed by atoms with Crippen molar-refractivity contribution < 1.29 is 14.4 Å². The van der Waals surface area contributed by atoms with Crippen molar-refractivity contribution in [2.24, 2.45) is 0 Å². The van der Waals surface area contributed by atoms with E-state index in [1.165, 1.54) is 11.1 Å². The molecule has 2 amide bonds. The van der Waals surface area contributed by atoms with Crippen LogP contribution in [0.25, 0.3) is 0 Å². The van der Waals surface area contributed by atoms with Gasteiger partial charge in [0, 0.05) is 0 Å². The van der Waals surface area contributed by atoms with E-state index < -0.39 is 34.4 Å². The molecular weight excluding hydrogens is 487 g/mol. The molecule has 0 aliphatic carbocycles. The zero-order chi connectivity index (χ0) is 21.1. The van der Waals surface area contributed by atoms with Crippen LogP contribution in [-0.2, 0) is 9.59 Å². The number of hydrogen-bond donors (Lipinski definition) is 1. The van der Waals surface area contributed by atoms with Gasteiger partial charge in [0.2, 0.25) is 0 Å². The first-order valence-electron chi connectivity index (χ1n) is 9.47. The number of nitrogens with zero attached hydrogens (tertiary/aromatic N) is 5. The summed E-state index contributed by atoms with van der Waals surface area (Å²) in [4.78, 5) is 49.4. The number of anilines is 2. The summed E-state index contributed by atoms with van der Waals surface area (Å²) in [6.07, 6.45) is 6.50. The molecule has 1 fully saturated rings. The monoisotopic (exact) mass is 506 g/mol. The van der Waals surface area contributed by atoms with Crippen molar-refractivity contribution in [3.05, 3.63) is 60.6 Å². The summed E-state index contributed by atoms with van der Waals surface area (Å²) >= 11 is -1.72. The van der Waals surface area contributed by atoms with Crippen molar-refractivity contribution in [3.8, 4) is 0 Å². The second-order valence-corrected chi connectivity index (χ2v) is 11.0. The zero-order valence-corrected chi connectivity index (χ0v) is 19.4. The molecule has 30 heavy (non-hydrogen) atoms. The number of benzene rings is 1. The maximum atomic E-state index is 12.7. The van der Waals surface area contributed by atoms with Crippen molar-refractivity contribution >= 4 is 55.2 Å². The van der Waals surface area contributed by atoms with Crippen LogP contribution in [0.3, 0.4) is 0 Å². The van der Waals surface area contributed by atoms with Gasteiger partial charge in [-0.2, -0.15) is 0 Å². The first kappa shape index (κ1) is 20.3. The average molecular weight is 506 g/mol. The minimum atomic E-state index is -1.72. The summed E-state index contributed by atoms with van der Waals surface area (Å²) in [5, 5.41) is 0. The predicted octanol–water partition coefficient (Wildman–Crippen LogP) is -0.262. The van der Waals surface area contributed by atoms with Crippen molar-refractivity contribution in [3.63, 3.8) is 0 Å². The van der Waals surface area contributed by atoms with E-state index in [0.717, 1.165) is 0 Å². The van der Waals surface area contributed by atoms with Gasteiger partial charge in [0.1, 0.15) is 0 Å². The predicted molar refractivity (Wildman–Crippen MR) is 113 cm³/mol. The summed E-state index contributed by atoms with van der Waals surface area (Å²) in [6.45, 7) is 1.51. The van der Waals surface area contributed by atoms with Crippen LogP contribution < -0.4 is 8.62 Å². The van der Waals surface area contributed by atoms with Gasteiger partial charge in [0.15, 0.2) is 0 Å². The standard InChI is InChI=1S/C20H20N6O3.In/c21-17-13-24-18(14-23-17)22-8-4-7-16(27)20(29)26-11-9-25(10-12-26)19(28)15-5-2-1-3-6-15;/h1-6,8,13-14H,9-12H2,(H3,21,22,23,24,27,29);/q;+1/p-1. The van der Waals surface area contributed by atoms with Crippen LogP contribution in [0.15, 0.2) is 55.0 Å². The fourth-order valence-electron chi connectivity index (χ4n) is 3.28. The van der Waals surface area contributed by atoms with Crippen molar-refractivity contribution in [1.29, 1.82) is 0 Å². The SMILES string of the molecule is Nc1cnc([N]2C=C[C](C(=O)C(=O)N3CCN(C(=O)c4ccccc4)CC3)=[In]2)cn1. The molecule has 0 bridgehead atoms. The number of piperazine rings is 1. The molecule has 2 aromatic rings. The summed E-state index contributed by atoms with van der Waals surface area (Å²) in [5.74, 6) is -0.0586. The van der Waals surface area contributed by atoms with Gasteiger partial charge in [0.05, 0.1) is 0 Å². The molecule has 3 heterocycles. The normalized spacial score (nSPS) is 15.6. The number of hydrogen-bond acceptors (Lipinski definition) is 7. The Labute approximate surface area is 184 Å². The minimum absolute atomic E-state index is 0.0579. The molecule has 1 aromatic heterocycles. The van der Waals surface area contributed by atoms with Crippen molar-refractivity contribution in [2.45, 2.75) is 0 Å². The molecule has 0 unspecified atom stereocenters. The fraction of sp³-hybridized carbons (Fsp3) is 0.200. The second kappa shape index (κ2) is 8.78. The third-order valence-corrected chi connectivity index (χ3v) is 9.08. The Kier molecular flexibility index (Phi) is 5.93. The Morgan fingerprint density at radius 1 is 0.933 bits per heavy atom. The first-order valence-corrected chi connectivity index (χ1v) is 12.6. The number of carbonyl (C=O) groups excluding carboxylic acids is 3. The molecule has 1 saturated heterocycles. The summed E-state index contributed by atoms with van der Waals surface area (Å²) in [5.41, 5.74) is 6.18. The third kappa shape index (κ3) is 4.28. The summed E-state index contributed by atoms with van der Waals surface area (Å²) in [7, 11) is 0. The Hall–Kier alpha value is -3.01. The molecule has 0 atom stereocenters. The summed E-state index contributed by atoms with van der Waals surface area (Å²) in [6, 6.07) is 9.05. The number of aromatic nitrogens is 2. The van der Waals surface area contributed by atoms with E-state index in [-0.39, 0.29) is 5.91 Å². The van der Waals surface area contributed by atoms with Gasteiger partial charge >= 0.3 is 185 Å². The molecule has 1 aromatic carbocycles. The second-order valence-electron chi connectivity index (χ2n) is 6.89. The molecule has 150 valence electrons. The molecule has 0 spiro atoms. The van der Waals surface area contributed by atoms with Gasteiger partial charge in [-0.15, -0.1) is 0 Å². The van der Waals surface area contributed by atoms with Gasteiger partial charge < -0.3 is 0 Å². The topological polar surface area (TPSA) is 113 Å². The van der Waals surface area contributed by atoms with Crippen LogP contribution >= 0.6 is 0 Å². The third-order valence-electron chi connectivity index (χ3n) is 4.95. The number of Topliss-reactive ketones (excluding diaryl/α,β-unsaturated/α-hetero) is 1. The number of nitrogen functional groups attached to an aromatic ring is 1. The Balaban J connectivity index is 1.36. The molecule has 0 radical (unpaired) electrons. The van der Waals surface area contributed by atoms with Crippen molar-refractivity contribution in [2.75, 3.05) is 34.8 Å². The number of nitrogens with two attached hydrogens (primary N) is 1. The number of carbonyl (C=O) groups is 3. The Bertz CT molecular complexity index is 1030. The first-order chi connectivity index (χ1) is 14.5. The molecule has 4 rings (SSSR count). The number of allylic oxidation sites excluding steroid dienone is 1. The van der Waals surface area contributed by atoms with Gasteiger partial charge in [-0.05, 0) is 0 Å². The van der Waals surface area contributed by atoms with E-state index in [2.05, 4.69) is 9.97 Å². The molecule has 2 aliphatic heterocycles. The van der Waals surface area contributed by atoms with Gasteiger partial charge in [-0.1, -0.05) is 0 Å². The van der Waals surface area contributed by atoms with Gasteiger partial charge in [-0.3, -0.25) is 0 Å². The van der Waals surface area contributed by atoms with E-state index in [4.69, 9.17) is 5.73 Å². The van der Waals surface area contributed by atoms with Crippen LogP contribution in [0.4, 0.5) is 11.6 Å². The van der Waals surface area contributed by atoms with E-state index in [1.54, 1.807) is 35.5 Å². The molecule has 10 heteroatoms. The fourth-order valence-corrected chi connectivity index (χ4v) is 6.56. The van der Waals surface area contributed by atoms with E-state index >= 15 is 0 Å². The van der Waals surface area contributed by atoms with Gasteiger partial charge in [0.25, 0.3) is 0 Å². The molecule has 2 aliphatic rings. The van der Waals surface area contributed by atoms with Crippen molar-refractivity contribution in [1.82, 2.24) is 19.8 Å². The average Bonchev–Trinajstić information content (AvgIpc) is 3.29. The van der Waals surface area contributed by atoms with Crippen LogP contribution in [0, 0.1) is 0 Å². The summed E-state index contributed by atoms with van der Waals surface area (Å²) < 4.78 is 2.50. The van der Waals surface area contributed by atoms with Crippen LogP contribution in [0.1, 0.15) is 10.4 Å². The number of amides is 2. The molecular formula is C20H19InN6O3. The zero-order valence-electron chi connectivity index (χ0n) is 16.1. The number of rotatable bonds is 4. The Morgan fingerprint density at radius 3 is 2.30 bits per heavy atom. The van der Waals surface area contributed by atoms with Crippen LogP contribution in [0.2, 0.25) is 0 Å². The maximum absolute atomic E-state index is 12.7.